The van der Waals surface area contributed by atoms with Gasteiger partial charge in [0.2, 0.25) is 10.0 Å². The maximum atomic E-state index is 10.9. The molecule has 120 valence electrons. The molecule has 0 aromatic carbocycles. The predicted molar refractivity (Wildman–Crippen MR) is 85.7 cm³/mol. The molecule has 2 N–H and O–H groups in total. The second kappa shape index (κ2) is 8.04. The van der Waals surface area contributed by atoms with Crippen LogP contribution in [0.5, 0.6) is 0 Å². The van der Waals surface area contributed by atoms with Crippen LogP contribution in [0, 0.1) is 0 Å². The first-order valence-electron chi connectivity index (χ1n) is 6.80. The van der Waals surface area contributed by atoms with E-state index < -0.39 is 10.0 Å². The van der Waals surface area contributed by atoms with Crippen molar-refractivity contribution in [3.05, 3.63) is 24.0 Å². The smallest absolute Gasteiger partial charge is 0.208 e. The Morgan fingerprint density at radius 2 is 2.14 bits per heavy atom. The number of hydrogen-bond donors (Lipinski definition) is 2. The van der Waals surface area contributed by atoms with Crippen LogP contribution in [-0.4, -0.2) is 57.3 Å². The lowest BCUT2D eigenvalue weighted by Gasteiger charge is -2.22. The van der Waals surface area contributed by atoms with E-state index in [1.807, 2.05) is 31.3 Å². The highest BCUT2D eigenvalue weighted by Gasteiger charge is 2.08. The van der Waals surface area contributed by atoms with Crippen LogP contribution in [0.25, 0.3) is 0 Å². The largest absolute Gasteiger partial charge is 0.356 e. The van der Waals surface area contributed by atoms with Gasteiger partial charge in [0.25, 0.3) is 0 Å². The number of hydrogen-bond acceptors (Lipinski definition) is 3. The minimum Gasteiger partial charge on any atom is -0.356 e. The number of nitrogens with one attached hydrogen (secondary N) is 2. The Kier molecular flexibility index (Phi) is 6.70. The van der Waals surface area contributed by atoms with Crippen LogP contribution in [0.3, 0.4) is 0 Å². The summed E-state index contributed by atoms with van der Waals surface area (Å²) in [5, 5.41) is 3.22. The zero-order valence-corrected chi connectivity index (χ0v) is 13.9. The van der Waals surface area contributed by atoms with Crippen molar-refractivity contribution in [2.24, 2.45) is 12.0 Å². The fraction of sp³-hybridized carbons (Fsp3) is 0.615. The van der Waals surface area contributed by atoms with Crippen LogP contribution in [0.2, 0.25) is 0 Å². The summed E-state index contributed by atoms with van der Waals surface area (Å²) in [4.78, 5) is 6.26. The van der Waals surface area contributed by atoms with Crippen molar-refractivity contribution < 1.29 is 8.42 Å². The Bertz CT molecular complexity index is 565. The molecular weight excluding hydrogens is 290 g/mol. The number of sulfonamides is 1. The van der Waals surface area contributed by atoms with Crippen LogP contribution in [0.4, 0.5) is 0 Å². The Morgan fingerprint density at radius 3 is 2.67 bits per heavy atom. The highest BCUT2D eigenvalue weighted by atomic mass is 32.2. The SMILES string of the molecule is CN=C(NCCCNS(C)(=O)=O)N(C)Cc1cccn1C. The molecule has 0 saturated heterocycles. The molecule has 0 aliphatic rings. The summed E-state index contributed by atoms with van der Waals surface area (Å²) in [6.45, 7) is 1.84. The van der Waals surface area contributed by atoms with E-state index >= 15 is 0 Å². The molecule has 0 amide bonds. The third-order valence-electron chi connectivity index (χ3n) is 3.02. The molecular formula is C13H25N5O2S. The molecule has 0 fully saturated rings. The van der Waals surface area contributed by atoms with Crippen molar-refractivity contribution in [1.82, 2.24) is 19.5 Å². The molecule has 0 unspecified atom stereocenters. The van der Waals surface area contributed by atoms with Gasteiger partial charge in [-0.3, -0.25) is 4.99 Å². The molecule has 1 aromatic heterocycles. The molecule has 0 spiro atoms. The fourth-order valence-electron chi connectivity index (χ4n) is 1.91. The average molecular weight is 315 g/mol. The molecule has 1 rings (SSSR count). The molecule has 1 heterocycles. The van der Waals surface area contributed by atoms with E-state index in [0.29, 0.717) is 19.5 Å². The maximum absolute atomic E-state index is 10.9. The van der Waals surface area contributed by atoms with Crippen molar-refractivity contribution in [2.45, 2.75) is 13.0 Å². The molecule has 7 nitrogen and oxygen atoms in total. The van der Waals surface area contributed by atoms with E-state index in [0.717, 1.165) is 18.8 Å². The Labute approximate surface area is 127 Å². The first-order valence-corrected chi connectivity index (χ1v) is 8.69. The number of aliphatic imine (C=N–C) groups is 1. The molecule has 1 aromatic rings. The molecule has 0 bridgehead atoms. The lowest BCUT2D eigenvalue weighted by atomic mass is 10.4. The van der Waals surface area contributed by atoms with E-state index in [2.05, 4.69) is 25.7 Å². The van der Waals surface area contributed by atoms with Gasteiger partial charge in [0, 0.05) is 46.1 Å². The van der Waals surface area contributed by atoms with Crippen LogP contribution in [-0.2, 0) is 23.6 Å². The number of aryl methyl sites for hydroxylation is 1. The summed E-state index contributed by atoms with van der Waals surface area (Å²) in [7, 11) is 2.61. The van der Waals surface area contributed by atoms with Gasteiger partial charge in [-0.05, 0) is 18.6 Å². The monoisotopic (exact) mass is 315 g/mol. The van der Waals surface area contributed by atoms with Crippen molar-refractivity contribution in [3.8, 4) is 0 Å². The average Bonchev–Trinajstić information content (AvgIpc) is 2.78. The quantitative estimate of drug-likeness (QED) is 0.421. The first kappa shape index (κ1) is 17.5. The summed E-state index contributed by atoms with van der Waals surface area (Å²) < 4.78 is 26.4. The molecule has 0 atom stereocenters. The third-order valence-corrected chi connectivity index (χ3v) is 3.75. The lowest BCUT2D eigenvalue weighted by Crippen LogP contribution is -2.40. The third kappa shape index (κ3) is 6.63. The lowest BCUT2D eigenvalue weighted by molar-refractivity contribution is 0.461. The van der Waals surface area contributed by atoms with Crippen LogP contribution >= 0.6 is 0 Å². The van der Waals surface area contributed by atoms with Crippen LogP contribution in [0.15, 0.2) is 23.3 Å². The van der Waals surface area contributed by atoms with Gasteiger partial charge in [-0.15, -0.1) is 0 Å². The molecule has 0 aliphatic heterocycles. The van der Waals surface area contributed by atoms with Crippen molar-refractivity contribution in [2.75, 3.05) is 33.4 Å². The minimum absolute atomic E-state index is 0.421. The summed E-state index contributed by atoms with van der Waals surface area (Å²) in [5.74, 6) is 0.788. The number of guanidine groups is 1. The zero-order chi connectivity index (χ0) is 15.9. The zero-order valence-electron chi connectivity index (χ0n) is 13.1. The van der Waals surface area contributed by atoms with Gasteiger partial charge >= 0.3 is 0 Å². The van der Waals surface area contributed by atoms with Crippen molar-refractivity contribution in [3.63, 3.8) is 0 Å². The number of aromatic nitrogens is 1. The molecule has 0 aliphatic carbocycles. The fourth-order valence-corrected chi connectivity index (χ4v) is 2.42. The van der Waals surface area contributed by atoms with E-state index in [4.69, 9.17) is 0 Å². The Balaban J connectivity index is 2.36. The second-order valence-electron chi connectivity index (χ2n) is 4.96. The molecule has 0 saturated carbocycles. The second-order valence-corrected chi connectivity index (χ2v) is 6.79. The Hall–Kier alpha value is -1.54. The van der Waals surface area contributed by atoms with Gasteiger partial charge in [0.15, 0.2) is 5.96 Å². The standard InChI is InChI=1S/C13H25N5O2S/c1-14-13(15-8-6-9-16-21(4,19)20)18(3)11-12-7-5-10-17(12)2/h5,7,10,16H,6,8-9,11H2,1-4H3,(H,14,15). The van der Waals surface area contributed by atoms with E-state index in [1.54, 1.807) is 7.05 Å². The van der Waals surface area contributed by atoms with Gasteiger partial charge in [0.05, 0.1) is 12.8 Å². The van der Waals surface area contributed by atoms with E-state index in [9.17, 15) is 8.42 Å². The maximum Gasteiger partial charge on any atom is 0.208 e. The highest BCUT2D eigenvalue weighted by Crippen LogP contribution is 2.03. The van der Waals surface area contributed by atoms with E-state index in [1.165, 1.54) is 5.69 Å². The normalized spacial score (nSPS) is 12.5. The predicted octanol–water partition coefficient (Wildman–Crippen LogP) is -0.0284. The van der Waals surface area contributed by atoms with Gasteiger partial charge in [-0.25, -0.2) is 13.1 Å². The highest BCUT2D eigenvalue weighted by molar-refractivity contribution is 7.88. The van der Waals surface area contributed by atoms with Gasteiger partial charge in [-0.1, -0.05) is 0 Å². The van der Waals surface area contributed by atoms with Gasteiger partial charge < -0.3 is 14.8 Å². The topological polar surface area (TPSA) is 78.7 Å². The molecule has 8 heteroatoms. The van der Waals surface area contributed by atoms with Gasteiger partial charge in [0.1, 0.15) is 0 Å². The van der Waals surface area contributed by atoms with Crippen molar-refractivity contribution in [1.29, 1.82) is 0 Å². The summed E-state index contributed by atoms with van der Waals surface area (Å²) >= 11 is 0. The van der Waals surface area contributed by atoms with Crippen LogP contribution < -0.4 is 10.0 Å². The van der Waals surface area contributed by atoms with E-state index in [-0.39, 0.29) is 0 Å². The summed E-state index contributed by atoms with van der Waals surface area (Å²) in [6, 6.07) is 4.08. The number of rotatable bonds is 7. The minimum atomic E-state index is -3.11. The number of nitrogens with zero attached hydrogens (tertiary/aromatic N) is 3. The van der Waals surface area contributed by atoms with Gasteiger partial charge in [-0.2, -0.15) is 0 Å². The molecule has 0 radical (unpaired) electrons. The van der Waals surface area contributed by atoms with Crippen molar-refractivity contribution >= 4 is 16.0 Å². The Morgan fingerprint density at radius 1 is 1.43 bits per heavy atom. The summed E-state index contributed by atoms with van der Waals surface area (Å²) in [5.41, 5.74) is 1.19. The first-order chi connectivity index (χ1) is 9.83. The van der Waals surface area contributed by atoms with Crippen LogP contribution in [0.1, 0.15) is 12.1 Å². The molecule has 21 heavy (non-hydrogen) atoms. The summed E-state index contributed by atoms with van der Waals surface area (Å²) in [6.07, 6.45) is 3.87.